The van der Waals surface area contributed by atoms with Crippen molar-refractivity contribution in [2.75, 3.05) is 12.4 Å². The molecule has 0 aliphatic carbocycles. The Hall–Kier alpha value is -3.30. The van der Waals surface area contributed by atoms with Crippen LogP contribution >= 0.6 is 22.7 Å². The summed E-state index contributed by atoms with van der Waals surface area (Å²) in [6.07, 6.45) is 1.54. The van der Waals surface area contributed by atoms with Crippen LogP contribution in [0.3, 0.4) is 0 Å². The minimum atomic E-state index is -0.511. The van der Waals surface area contributed by atoms with Gasteiger partial charge in [-0.05, 0) is 23.9 Å². The number of nitrogens with zero attached hydrogens (tertiary/aromatic N) is 2. The molecule has 0 fully saturated rings. The van der Waals surface area contributed by atoms with E-state index in [-0.39, 0.29) is 24.4 Å². The minimum Gasteiger partial charge on any atom is -0.465 e. The Morgan fingerprint density at radius 1 is 1.16 bits per heavy atom. The molecule has 0 spiro atoms. The van der Waals surface area contributed by atoms with E-state index in [0.29, 0.717) is 20.8 Å². The highest BCUT2D eigenvalue weighted by atomic mass is 32.1. The fraction of sp³-hybridized carbons (Fsp3) is 0.182. The van der Waals surface area contributed by atoms with Crippen LogP contribution in [0.25, 0.3) is 21.3 Å². The average Bonchev–Trinajstić information content (AvgIpc) is 3.41. The number of rotatable bonds is 6. The molecule has 0 unspecified atom stereocenters. The Kier molecular flexibility index (Phi) is 5.97. The summed E-state index contributed by atoms with van der Waals surface area (Å²) in [5.74, 6) is -0.813. The van der Waals surface area contributed by atoms with E-state index in [9.17, 15) is 14.4 Å². The predicted molar refractivity (Wildman–Crippen MR) is 123 cm³/mol. The lowest BCUT2D eigenvalue weighted by atomic mass is 10.1. The molecule has 1 N–H and O–H groups in total. The van der Waals surface area contributed by atoms with Gasteiger partial charge in [-0.3, -0.25) is 14.2 Å². The number of fused-ring (bicyclic) bond motifs is 1. The molecule has 0 aliphatic rings. The van der Waals surface area contributed by atoms with E-state index >= 15 is 0 Å². The van der Waals surface area contributed by atoms with Gasteiger partial charge in [0.2, 0.25) is 5.91 Å². The summed E-state index contributed by atoms with van der Waals surface area (Å²) < 4.78 is 6.16. The molecule has 4 rings (SSSR count). The maximum atomic E-state index is 13.1. The maximum absolute atomic E-state index is 13.1. The predicted octanol–water partition coefficient (Wildman–Crippen LogP) is 4.31. The van der Waals surface area contributed by atoms with Crippen LogP contribution in [0.2, 0.25) is 0 Å². The number of benzene rings is 1. The maximum Gasteiger partial charge on any atom is 0.340 e. The number of hydrogen-bond acceptors (Lipinski definition) is 7. The second kappa shape index (κ2) is 8.83. The summed E-state index contributed by atoms with van der Waals surface area (Å²) in [4.78, 5) is 42.3. The van der Waals surface area contributed by atoms with Crippen LogP contribution in [0.15, 0.2) is 52.2 Å². The molecule has 1 amide bonds. The van der Waals surface area contributed by atoms with Crippen LogP contribution in [0.4, 0.5) is 5.00 Å². The highest BCUT2D eigenvalue weighted by Crippen LogP contribution is 2.30. The molecule has 0 bridgehead atoms. The Labute approximate surface area is 185 Å². The molecular weight excluding hydrogens is 434 g/mol. The molecule has 3 heterocycles. The summed E-state index contributed by atoms with van der Waals surface area (Å²) in [5, 5.41) is 7.34. The van der Waals surface area contributed by atoms with Crippen molar-refractivity contribution >= 4 is 49.8 Å². The third kappa shape index (κ3) is 4.28. The number of anilines is 1. The molecule has 9 heteroatoms. The fourth-order valence-corrected chi connectivity index (χ4v) is 4.86. The number of ether oxygens (including phenoxy) is 1. The summed E-state index contributed by atoms with van der Waals surface area (Å²) in [5.41, 5.74) is 3.07. The lowest BCUT2D eigenvalue weighted by Crippen LogP contribution is -2.23. The Balaban J connectivity index is 1.53. The number of aryl methyl sites for hydroxylation is 2. The number of carbonyl (C=O) groups is 2. The van der Waals surface area contributed by atoms with Gasteiger partial charge in [0.1, 0.15) is 9.83 Å². The van der Waals surface area contributed by atoms with E-state index in [0.717, 1.165) is 16.7 Å². The third-order valence-corrected chi connectivity index (χ3v) is 6.54. The highest BCUT2D eigenvalue weighted by molar-refractivity contribution is 7.17. The molecule has 7 nitrogen and oxygen atoms in total. The van der Waals surface area contributed by atoms with Crippen LogP contribution in [0, 0.1) is 6.92 Å². The number of esters is 1. The van der Waals surface area contributed by atoms with Crippen LogP contribution < -0.4 is 10.9 Å². The molecule has 0 saturated heterocycles. The molecule has 158 valence electrons. The minimum absolute atomic E-state index is 0.0651. The largest absolute Gasteiger partial charge is 0.465 e. The average molecular weight is 454 g/mol. The van der Waals surface area contributed by atoms with Gasteiger partial charge >= 0.3 is 5.97 Å². The van der Waals surface area contributed by atoms with Crippen LogP contribution in [0.5, 0.6) is 0 Å². The number of aromatic nitrogens is 2. The van der Waals surface area contributed by atoms with Crippen LogP contribution in [-0.2, 0) is 16.1 Å². The SMILES string of the molecule is COC(=O)c1ccsc1NC(=O)CCn1cnc2scc(-c3ccc(C)cc3)c2c1=O. The summed E-state index contributed by atoms with van der Waals surface area (Å²) in [6.45, 7) is 2.19. The van der Waals surface area contributed by atoms with E-state index in [2.05, 4.69) is 10.3 Å². The number of thiophene rings is 2. The molecule has 0 saturated carbocycles. The fourth-order valence-electron chi connectivity index (χ4n) is 3.16. The zero-order valence-electron chi connectivity index (χ0n) is 16.9. The standard InChI is InChI=1S/C22H19N3O4S2/c1-13-3-5-14(6-4-13)16-11-31-20-18(16)21(27)25(12-23-20)9-7-17(26)24-19-15(8-10-30-19)22(28)29-2/h3-6,8,10-12H,7,9H2,1-2H3,(H,24,26). The van der Waals surface area contributed by atoms with Gasteiger partial charge in [-0.25, -0.2) is 9.78 Å². The first-order chi connectivity index (χ1) is 15.0. The van der Waals surface area contributed by atoms with Crippen molar-refractivity contribution in [1.82, 2.24) is 9.55 Å². The van der Waals surface area contributed by atoms with E-state index in [4.69, 9.17) is 4.74 Å². The second-order valence-corrected chi connectivity index (χ2v) is 8.67. The van der Waals surface area contributed by atoms with Gasteiger partial charge < -0.3 is 10.1 Å². The number of carbonyl (C=O) groups excluding carboxylic acids is 2. The first-order valence-electron chi connectivity index (χ1n) is 9.47. The van der Waals surface area contributed by atoms with E-state index in [1.54, 1.807) is 11.4 Å². The molecular formula is C22H19N3O4S2. The van der Waals surface area contributed by atoms with Gasteiger partial charge in [0.05, 0.1) is 24.4 Å². The lowest BCUT2D eigenvalue weighted by Gasteiger charge is -2.08. The molecule has 0 radical (unpaired) electrons. The molecule has 31 heavy (non-hydrogen) atoms. The van der Waals surface area contributed by atoms with Gasteiger partial charge in [0, 0.05) is 23.9 Å². The van der Waals surface area contributed by atoms with Crippen molar-refractivity contribution < 1.29 is 14.3 Å². The Bertz CT molecular complexity index is 1320. The smallest absolute Gasteiger partial charge is 0.340 e. The Morgan fingerprint density at radius 3 is 2.68 bits per heavy atom. The van der Waals surface area contributed by atoms with Crippen molar-refractivity contribution in [1.29, 1.82) is 0 Å². The summed E-state index contributed by atoms with van der Waals surface area (Å²) in [7, 11) is 1.29. The number of amides is 1. The van der Waals surface area contributed by atoms with Crippen molar-refractivity contribution in [2.45, 2.75) is 19.9 Å². The number of nitrogens with one attached hydrogen (secondary N) is 1. The normalized spacial score (nSPS) is 10.9. The van der Waals surface area contributed by atoms with Gasteiger partial charge in [-0.1, -0.05) is 29.8 Å². The van der Waals surface area contributed by atoms with Crippen molar-refractivity contribution in [2.24, 2.45) is 0 Å². The van der Waals surface area contributed by atoms with Crippen LogP contribution in [0.1, 0.15) is 22.3 Å². The van der Waals surface area contributed by atoms with Gasteiger partial charge in [-0.15, -0.1) is 22.7 Å². The van der Waals surface area contributed by atoms with Crippen molar-refractivity contribution in [3.63, 3.8) is 0 Å². The van der Waals surface area contributed by atoms with Crippen LogP contribution in [-0.4, -0.2) is 28.5 Å². The number of hydrogen-bond donors (Lipinski definition) is 1. The highest BCUT2D eigenvalue weighted by Gasteiger charge is 2.17. The lowest BCUT2D eigenvalue weighted by molar-refractivity contribution is -0.116. The quantitative estimate of drug-likeness (QED) is 0.439. The number of methoxy groups -OCH3 is 1. The van der Waals surface area contributed by atoms with E-state index in [1.807, 2.05) is 36.6 Å². The van der Waals surface area contributed by atoms with Gasteiger partial charge in [-0.2, -0.15) is 0 Å². The zero-order chi connectivity index (χ0) is 22.0. The van der Waals surface area contributed by atoms with Crippen molar-refractivity contribution in [3.8, 4) is 11.1 Å². The molecule has 4 aromatic rings. The molecule has 1 aromatic carbocycles. The van der Waals surface area contributed by atoms with Gasteiger partial charge in [0.15, 0.2) is 0 Å². The first-order valence-corrected chi connectivity index (χ1v) is 11.2. The Morgan fingerprint density at radius 2 is 1.94 bits per heavy atom. The zero-order valence-corrected chi connectivity index (χ0v) is 18.5. The first kappa shape index (κ1) is 21.0. The molecule has 0 atom stereocenters. The van der Waals surface area contributed by atoms with Crippen molar-refractivity contribution in [3.05, 3.63) is 68.9 Å². The van der Waals surface area contributed by atoms with E-state index < -0.39 is 5.97 Å². The monoisotopic (exact) mass is 453 g/mol. The van der Waals surface area contributed by atoms with E-state index in [1.165, 1.54) is 40.7 Å². The third-order valence-electron chi connectivity index (χ3n) is 4.83. The molecule has 0 aliphatic heterocycles. The summed E-state index contributed by atoms with van der Waals surface area (Å²) in [6, 6.07) is 9.58. The topological polar surface area (TPSA) is 90.3 Å². The summed E-state index contributed by atoms with van der Waals surface area (Å²) >= 11 is 2.66. The van der Waals surface area contributed by atoms with Gasteiger partial charge in [0.25, 0.3) is 5.56 Å². The second-order valence-electron chi connectivity index (χ2n) is 6.89. The molecule has 3 aromatic heterocycles.